The Hall–Kier alpha value is -0.180. The average Bonchev–Trinajstić information content (AvgIpc) is 2.85. The summed E-state index contributed by atoms with van der Waals surface area (Å²) in [6, 6.07) is 1.94. The van der Waals surface area contributed by atoms with E-state index < -0.39 is 0 Å². The third-order valence-corrected chi connectivity index (χ3v) is 4.27. The fraction of sp³-hybridized carbons (Fsp3) is 0.667. The molecule has 1 saturated carbocycles. The molecule has 0 amide bonds. The smallest absolute Gasteiger partial charge is 0.127 e. The largest absolute Gasteiger partial charge is 0.336 e. The van der Waals surface area contributed by atoms with Crippen LogP contribution >= 0.6 is 23.2 Å². The molecule has 1 aromatic rings. The van der Waals surface area contributed by atoms with Crippen LogP contribution in [0.25, 0.3) is 0 Å². The summed E-state index contributed by atoms with van der Waals surface area (Å²) in [4.78, 5) is 0. The minimum absolute atomic E-state index is 0.624. The van der Waals surface area contributed by atoms with E-state index in [9.17, 15) is 0 Å². The van der Waals surface area contributed by atoms with E-state index in [0.29, 0.717) is 10.2 Å². The zero-order chi connectivity index (χ0) is 11.5. The average molecular weight is 261 g/mol. The molecule has 90 valence electrons. The van der Waals surface area contributed by atoms with Gasteiger partial charge in [0.25, 0.3) is 0 Å². The number of hydrogen-bond donors (Lipinski definition) is 1. The fourth-order valence-electron chi connectivity index (χ4n) is 2.38. The summed E-state index contributed by atoms with van der Waals surface area (Å²) in [7, 11) is 1.95. The molecule has 0 unspecified atom stereocenters. The molecule has 0 radical (unpaired) electrons. The Labute approximate surface area is 107 Å². The Balaban J connectivity index is 1.82. The minimum atomic E-state index is 0.624. The molecule has 0 spiro atoms. The number of nitrogens with zero attached hydrogens (tertiary/aromatic N) is 1. The number of halogens is 2. The Kier molecular flexibility index (Phi) is 4.17. The van der Waals surface area contributed by atoms with E-state index in [4.69, 9.17) is 23.2 Å². The third-order valence-electron chi connectivity index (χ3n) is 3.43. The maximum Gasteiger partial charge on any atom is 0.127 e. The van der Waals surface area contributed by atoms with Gasteiger partial charge in [0.2, 0.25) is 0 Å². The molecular weight excluding hydrogens is 243 g/mol. The number of nitrogens with one attached hydrogen (secondary N) is 1. The van der Waals surface area contributed by atoms with Crippen molar-refractivity contribution >= 4 is 23.2 Å². The Bertz CT molecular complexity index is 354. The maximum atomic E-state index is 6.01. The summed E-state index contributed by atoms with van der Waals surface area (Å²) in [5, 5.41) is 4.75. The van der Waals surface area contributed by atoms with E-state index in [1.165, 1.54) is 25.7 Å². The second-order valence-electron chi connectivity index (χ2n) is 4.61. The highest BCUT2D eigenvalue weighted by atomic mass is 35.5. The normalized spacial score (nSPS) is 17.2. The standard InChI is InChI=1S/C12H18Cl2N2/c1-16-10(6-11(13)12(16)14)8-15-7-9-4-2-3-5-9/h6,9,15H,2-5,7-8H2,1H3. The molecule has 1 N–H and O–H groups in total. The topological polar surface area (TPSA) is 17.0 Å². The van der Waals surface area contributed by atoms with Gasteiger partial charge in [-0.15, -0.1) is 0 Å². The highest BCUT2D eigenvalue weighted by Crippen LogP contribution is 2.26. The van der Waals surface area contributed by atoms with E-state index in [1.807, 2.05) is 17.7 Å². The van der Waals surface area contributed by atoms with Gasteiger partial charge in [0.05, 0.1) is 5.02 Å². The molecule has 0 bridgehead atoms. The van der Waals surface area contributed by atoms with Crippen LogP contribution in [-0.4, -0.2) is 11.1 Å². The summed E-state index contributed by atoms with van der Waals surface area (Å²) < 4.78 is 1.94. The molecule has 1 aromatic heterocycles. The Morgan fingerprint density at radius 3 is 2.62 bits per heavy atom. The van der Waals surface area contributed by atoms with Crippen LogP contribution < -0.4 is 5.32 Å². The van der Waals surface area contributed by atoms with Crippen LogP contribution in [0.3, 0.4) is 0 Å². The highest BCUT2D eigenvalue weighted by Gasteiger charge is 2.14. The van der Waals surface area contributed by atoms with Gasteiger partial charge in [-0.2, -0.15) is 0 Å². The van der Waals surface area contributed by atoms with Gasteiger partial charge in [-0.3, -0.25) is 0 Å². The molecule has 2 nitrogen and oxygen atoms in total. The lowest BCUT2D eigenvalue weighted by atomic mass is 10.1. The lowest BCUT2D eigenvalue weighted by molar-refractivity contribution is 0.484. The Morgan fingerprint density at radius 1 is 1.38 bits per heavy atom. The molecule has 1 aliphatic carbocycles. The second-order valence-corrected chi connectivity index (χ2v) is 5.38. The summed E-state index contributed by atoms with van der Waals surface area (Å²) >= 11 is 12.0. The van der Waals surface area contributed by atoms with Crippen LogP contribution in [-0.2, 0) is 13.6 Å². The van der Waals surface area contributed by atoms with Crippen molar-refractivity contribution in [2.24, 2.45) is 13.0 Å². The molecule has 0 aliphatic heterocycles. The fourth-order valence-corrected chi connectivity index (χ4v) is 2.79. The maximum absolute atomic E-state index is 6.01. The van der Waals surface area contributed by atoms with Gasteiger partial charge in [0.15, 0.2) is 0 Å². The molecule has 0 atom stereocenters. The first-order chi connectivity index (χ1) is 7.68. The Morgan fingerprint density at radius 2 is 2.06 bits per heavy atom. The van der Waals surface area contributed by atoms with Gasteiger partial charge in [-0.1, -0.05) is 36.0 Å². The molecule has 1 heterocycles. The SMILES string of the molecule is Cn1c(CNCC2CCCC2)cc(Cl)c1Cl. The van der Waals surface area contributed by atoms with Crippen molar-refractivity contribution in [1.29, 1.82) is 0 Å². The van der Waals surface area contributed by atoms with Crippen molar-refractivity contribution in [3.05, 3.63) is 21.9 Å². The van der Waals surface area contributed by atoms with Crippen molar-refractivity contribution in [3.8, 4) is 0 Å². The minimum Gasteiger partial charge on any atom is -0.336 e. The zero-order valence-corrected chi connectivity index (χ0v) is 11.1. The van der Waals surface area contributed by atoms with Crippen LogP contribution in [0.4, 0.5) is 0 Å². The number of hydrogen-bond acceptors (Lipinski definition) is 1. The molecule has 0 saturated heterocycles. The van der Waals surface area contributed by atoms with Crippen LogP contribution in [0.15, 0.2) is 6.07 Å². The van der Waals surface area contributed by atoms with Gasteiger partial charge >= 0.3 is 0 Å². The predicted molar refractivity (Wildman–Crippen MR) is 69.1 cm³/mol. The van der Waals surface area contributed by atoms with E-state index in [0.717, 1.165) is 24.7 Å². The van der Waals surface area contributed by atoms with E-state index in [1.54, 1.807) is 0 Å². The lowest BCUT2D eigenvalue weighted by Gasteiger charge is -2.11. The first-order valence-electron chi connectivity index (χ1n) is 5.89. The lowest BCUT2D eigenvalue weighted by Crippen LogP contribution is -2.21. The summed E-state index contributed by atoms with van der Waals surface area (Å²) in [5.74, 6) is 0.867. The zero-order valence-electron chi connectivity index (χ0n) is 9.60. The van der Waals surface area contributed by atoms with Crippen molar-refractivity contribution in [1.82, 2.24) is 9.88 Å². The molecule has 2 rings (SSSR count). The van der Waals surface area contributed by atoms with Crippen molar-refractivity contribution < 1.29 is 0 Å². The van der Waals surface area contributed by atoms with Crippen LogP contribution in [0, 0.1) is 5.92 Å². The summed E-state index contributed by atoms with van der Waals surface area (Å²) in [6.45, 7) is 1.96. The van der Waals surface area contributed by atoms with Gasteiger partial charge < -0.3 is 9.88 Å². The summed E-state index contributed by atoms with van der Waals surface area (Å²) in [5.41, 5.74) is 1.15. The second kappa shape index (κ2) is 5.44. The van der Waals surface area contributed by atoms with Crippen molar-refractivity contribution in [2.75, 3.05) is 6.54 Å². The molecular formula is C12H18Cl2N2. The predicted octanol–water partition coefficient (Wildman–Crippen LogP) is 3.61. The van der Waals surface area contributed by atoms with Crippen molar-refractivity contribution in [3.63, 3.8) is 0 Å². The number of aromatic nitrogens is 1. The van der Waals surface area contributed by atoms with E-state index >= 15 is 0 Å². The highest BCUT2D eigenvalue weighted by molar-refractivity contribution is 6.41. The van der Waals surface area contributed by atoms with Crippen molar-refractivity contribution in [2.45, 2.75) is 32.2 Å². The van der Waals surface area contributed by atoms with Gasteiger partial charge in [0.1, 0.15) is 5.15 Å². The molecule has 0 aromatic carbocycles. The van der Waals surface area contributed by atoms with Gasteiger partial charge in [-0.25, -0.2) is 0 Å². The van der Waals surface area contributed by atoms with Gasteiger partial charge in [-0.05, 0) is 31.4 Å². The van der Waals surface area contributed by atoms with Crippen LogP contribution in [0.2, 0.25) is 10.2 Å². The van der Waals surface area contributed by atoms with E-state index in [2.05, 4.69) is 5.32 Å². The molecule has 4 heteroatoms. The van der Waals surface area contributed by atoms with Gasteiger partial charge in [0, 0.05) is 19.3 Å². The summed E-state index contributed by atoms with van der Waals surface area (Å²) in [6.07, 6.45) is 5.55. The quantitative estimate of drug-likeness (QED) is 0.876. The first-order valence-corrected chi connectivity index (χ1v) is 6.64. The molecule has 1 fully saturated rings. The molecule has 16 heavy (non-hydrogen) atoms. The number of rotatable bonds is 4. The van der Waals surface area contributed by atoms with Crippen LogP contribution in [0.5, 0.6) is 0 Å². The van der Waals surface area contributed by atoms with Crippen LogP contribution in [0.1, 0.15) is 31.4 Å². The third kappa shape index (κ3) is 2.73. The van der Waals surface area contributed by atoms with E-state index in [-0.39, 0.29) is 0 Å². The first kappa shape index (κ1) is 12.3. The monoisotopic (exact) mass is 260 g/mol. The molecule has 1 aliphatic rings.